The second-order valence-electron chi connectivity index (χ2n) is 9.37. The molecule has 6 rings (SSSR count). The zero-order chi connectivity index (χ0) is 29.9. The van der Waals surface area contributed by atoms with Crippen LogP contribution >= 0.6 is 0 Å². The average molecular weight is 582 g/mol. The number of nitrogens with one attached hydrogen (secondary N) is 2. The Balaban J connectivity index is 0.000000451. The van der Waals surface area contributed by atoms with E-state index in [1.165, 1.54) is 0 Å². The number of halogens is 3. The van der Waals surface area contributed by atoms with E-state index in [-0.39, 0.29) is 0 Å². The summed E-state index contributed by atoms with van der Waals surface area (Å²) >= 11 is 0. The van der Waals surface area contributed by atoms with Crippen LogP contribution in [0.1, 0.15) is 5.56 Å². The minimum absolute atomic E-state index is 0.674. The van der Waals surface area contributed by atoms with Gasteiger partial charge in [-0.15, -0.1) is 5.10 Å². The zero-order valence-corrected chi connectivity index (χ0v) is 22.6. The summed E-state index contributed by atoms with van der Waals surface area (Å²) in [7, 11) is 1.87. The predicted octanol–water partition coefficient (Wildman–Crippen LogP) is 4.19. The van der Waals surface area contributed by atoms with Crippen molar-refractivity contribution in [3.05, 3.63) is 60.4 Å². The molecule has 0 spiro atoms. The fraction of sp³-hybridized carbons (Fsp3) is 0.259. The van der Waals surface area contributed by atoms with Gasteiger partial charge in [0.15, 0.2) is 5.82 Å². The molecule has 0 saturated carbocycles. The molecule has 0 unspecified atom stereocenters. The highest BCUT2D eigenvalue weighted by Gasteiger charge is 2.38. The number of carboxylic acid groups (broad SMARTS) is 1. The maximum Gasteiger partial charge on any atom is 0.490 e. The van der Waals surface area contributed by atoms with Gasteiger partial charge in [0.1, 0.15) is 34.7 Å². The van der Waals surface area contributed by atoms with Crippen molar-refractivity contribution < 1.29 is 27.8 Å². The van der Waals surface area contributed by atoms with Crippen LogP contribution in [0.15, 0.2) is 54.9 Å². The maximum atomic E-state index is 10.6. The number of anilines is 3. The van der Waals surface area contributed by atoms with Crippen molar-refractivity contribution in [1.82, 2.24) is 35.3 Å². The minimum Gasteiger partial charge on any atom is -0.475 e. The number of carbonyl (C=O) groups is 1. The Labute approximate surface area is 237 Å². The summed E-state index contributed by atoms with van der Waals surface area (Å²) in [6.07, 6.45) is -3.52. The largest absolute Gasteiger partial charge is 0.490 e. The van der Waals surface area contributed by atoms with Crippen LogP contribution in [0.2, 0.25) is 0 Å². The van der Waals surface area contributed by atoms with Gasteiger partial charge in [0.05, 0.1) is 11.0 Å². The van der Waals surface area contributed by atoms with Crippen molar-refractivity contribution in [2.24, 2.45) is 7.05 Å². The molecule has 4 heterocycles. The van der Waals surface area contributed by atoms with Crippen LogP contribution in [-0.2, 0) is 11.8 Å². The Kier molecular flexibility index (Phi) is 8.01. The van der Waals surface area contributed by atoms with Gasteiger partial charge in [-0.25, -0.2) is 24.4 Å². The highest BCUT2D eigenvalue weighted by atomic mass is 19.4. The Bertz CT molecular complexity index is 1740. The van der Waals surface area contributed by atoms with Crippen molar-refractivity contribution in [2.45, 2.75) is 13.1 Å². The Morgan fingerprint density at radius 1 is 1.05 bits per heavy atom. The molecule has 42 heavy (non-hydrogen) atoms. The molecule has 2 aromatic carbocycles. The number of ether oxygens (including phenoxy) is 1. The molecule has 0 amide bonds. The van der Waals surface area contributed by atoms with Gasteiger partial charge in [-0.2, -0.15) is 13.2 Å². The lowest BCUT2D eigenvalue weighted by molar-refractivity contribution is -0.192. The van der Waals surface area contributed by atoms with Crippen LogP contribution in [0.5, 0.6) is 11.5 Å². The molecule has 12 nitrogen and oxygen atoms in total. The molecule has 3 N–H and O–H groups in total. The van der Waals surface area contributed by atoms with E-state index in [9.17, 15) is 13.2 Å². The summed E-state index contributed by atoms with van der Waals surface area (Å²) in [4.78, 5) is 24.9. The smallest absolute Gasteiger partial charge is 0.475 e. The monoisotopic (exact) mass is 581 g/mol. The van der Waals surface area contributed by atoms with E-state index in [1.54, 1.807) is 11.0 Å². The molecule has 0 aliphatic carbocycles. The highest BCUT2D eigenvalue weighted by molar-refractivity contribution is 5.88. The van der Waals surface area contributed by atoms with Crippen molar-refractivity contribution in [3.8, 4) is 11.5 Å². The van der Waals surface area contributed by atoms with E-state index in [1.807, 2.05) is 62.5 Å². The number of hydrogen-bond acceptors (Lipinski definition) is 10. The van der Waals surface area contributed by atoms with Crippen LogP contribution in [0.3, 0.4) is 0 Å². The first-order chi connectivity index (χ1) is 20.1. The highest BCUT2D eigenvalue weighted by Crippen LogP contribution is 2.31. The Morgan fingerprint density at radius 2 is 1.81 bits per heavy atom. The number of aryl methyl sites for hydroxylation is 2. The number of nitrogens with zero attached hydrogens (tertiary/aromatic N) is 7. The molecule has 1 saturated heterocycles. The van der Waals surface area contributed by atoms with E-state index in [4.69, 9.17) is 19.6 Å². The van der Waals surface area contributed by atoms with Crippen LogP contribution in [0.4, 0.5) is 30.5 Å². The molecule has 0 atom stereocenters. The number of pyridine rings is 1. The molecule has 218 valence electrons. The first-order valence-electron chi connectivity index (χ1n) is 12.8. The Morgan fingerprint density at radius 3 is 2.52 bits per heavy atom. The number of aromatic nitrogens is 6. The van der Waals surface area contributed by atoms with E-state index in [0.29, 0.717) is 11.6 Å². The van der Waals surface area contributed by atoms with Gasteiger partial charge in [0.25, 0.3) is 0 Å². The molecule has 15 heteroatoms. The molecule has 1 aliphatic heterocycles. The van der Waals surface area contributed by atoms with Gasteiger partial charge in [-0.1, -0.05) is 5.21 Å². The lowest BCUT2D eigenvalue weighted by Crippen LogP contribution is -2.43. The molecule has 0 radical (unpaired) electrons. The van der Waals surface area contributed by atoms with Crippen molar-refractivity contribution in [3.63, 3.8) is 0 Å². The molecular weight excluding hydrogens is 555 g/mol. The van der Waals surface area contributed by atoms with Gasteiger partial charge >= 0.3 is 12.1 Å². The number of benzene rings is 2. The van der Waals surface area contributed by atoms with Gasteiger partial charge in [-0.3, -0.25) is 0 Å². The third-order valence-corrected chi connectivity index (χ3v) is 6.40. The molecule has 3 aromatic heterocycles. The SMILES string of the molecule is Cc1cc(Nc2ncnc3ccc(N4CCNCC4)nc23)ccc1Oc1ccc2c(c1)nnn2C.O=C(O)C(F)(F)F. The van der Waals surface area contributed by atoms with Gasteiger partial charge in [0, 0.05) is 45.0 Å². The third kappa shape index (κ3) is 6.46. The number of alkyl halides is 3. The first-order valence-corrected chi connectivity index (χ1v) is 12.8. The van der Waals surface area contributed by atoms with Crippen LogP contribution in [-0.4, -0.2) is 73.4 Å². The van der Waals surface area contributed by atoms with Crippen LogP contribution in [0, 0.1) is 6.92 Å². The number of carboxylic acids is 1. The van der Waals surface area contributed by atoms with Gasteiger partial charge in [-0.05, 0) is 55.0 Å². The summed E-state index contributed by atoms with van der Waals surface area (Å²) in [6.45, 7) is 5.78. The molecule has 0 bridgehead atoms. The summed E-state index contributed by atoms with van der Waals surface area (Å²) < 4.78 is 39.6. The van der Waals surface area contributed by atoms with E-state index >= 15 is 0 Å². The fourth-order valence-electron chi connectivity index (χ4n) is 4.28. The van der Waals surface area contributed by atoms with Crippen molar-refractivity contribution in [2.75, 3.05) is 36.4 Å². The molecular formula is C27H26F3N9O3. The van der Waals surface area contributed by atoms with E-state index < -0.39 is 12.1 Å². The molecule has 1 aliphatic rings. The minimum atomic E-state index is -5.08. The normalized spacial score (nSPS) is 13.5. The van der Waals surface area contributed by atoms with Gasteiger partial charge in [0.2, 0.25) is 0 Å². The first kappa shape index (κ1) is 28.5. The van der Waals surface area contributed by atoms with Crippen LogP contribution in [0.25, 0.3) is 22.1 Å². The quantitative estimate of drug-likeness (QED) is 0.275. The summed E-state index contributed by atoms with van der Waals surface area (Å²) in [5, 5.41) is 22.1. The standard InChI is InChI=1S/C25H25N9O.C2HF3O2/c1-16-13-17(3-7-22(16)35-18-4-6-21-20(14-18)31-32-33(21)2)29-25-24-19(27-15-28-25)5-8-23(30-24)34-11-9-26-10-12-34;3-2(4,5)1(6)7/h3-8,13-15,26H,9-12H2,1-2H3,(H,27,28,29);(H,6,7). The number of fused-ring (bicyclic) bond motifs is 2. The summed E-state index contributed by atoms with van der Waals surface area (Å²) in [5.74, 6) is 0.344. The topological polar surface area (TPSA) is 143 Å². The second kappa shape index (κ2) is 11.8. The zero-order valence-electron chi connectivity index (χ0n) is 22.6. The maximum absolute atomic E-state index is 10.6. The number of rotatable bonds is 5. The fourth-order valence-corrected chi connectivity index (χ4v) is 4.28. The number of hydrogen-bond donors (Lipinski definition) is 3. The van der Waals surface area contributed by atoms with E-state index in [0.717, 1.165) is 71.1 Å². The number of piperazine rings is 1. The summed E-state index contributed by atoms with van der Waals surface area (Å²) in [5.41, 5.74) is 5.19. The number of aliphatic carboxylic acids is 1. The van der Waals surface area contributed by atoms with Crippen molar-refractivity contribution in [1.29, 1.82) is 0 Å². The average Bonchev–Trinajstić information content (AvgIpc) is 3.34. The molecule has 5 aromatic rings. The lowest BCUT2D eigenvalue weighted by Gasteiger charge is -2.28. The second-order valence-corrected chi connectivity index (χ2v) is 9.37. The van der Waals surface area contributed by atoms with Crippen LogP contribution < -0.4 is 20.3 Å². The van der Waals surface area contributed by atoms with E-state index in [2.05, 4.69) is 35.8 Å². The summed E-state index contributed by atoms with van der Waals surface area (Å²) in [6, 6.07) is 15.7. The predicted molar refractivity (Wildman–Crippen MR) is 149 cm³/mol. The third-order valence-electron chi connectivity index (χ3n) is 6.40. The van der Waals surface area contributed by atoms with Crippen molar-refractivity contribution >= 4 is 45.4 Å². The van der Waals surface area contributed by atoms with Gasteiger partial charge < -0.3 is 25.4 Å². The lowest BCUT2D eigenvalue weighted by atomic mass is 10.2. The molecule has 1 fully saturated rings. The Hall–Kier alpha value is -5.05.